The number of ether oxygens (including phenoxy) is 1. The fourth-order valence-corrected chi connectivity index (χ4v) is 4.31. The van der Waals surface area contributed by atoms with Crippen molar-refractivity contribution in [2.45, 2.75) is 19.8 Å². The molecule has 0 aliphatic carbocycles. The zero-order valence-electron chi connectivity index (χ0n) is 14.4. The third kappa shape index (κ3) is 2.67. The highest BCUT2D eigenvalue weighted by Crippen LogP contribution is 2.47. The van der Waals surface area contributed by atoms with Gasteiger partial charge in [0, 0.05) is 20.9 Å². The first kappa shape index (κ1) is 17.2. The largest absolute Gasteiger partial charge is 0.420 e. The van der Waals surface area contributed by atoms with Crippen molar-refractivity contribution < 1.29 is 13.5 Å². The van der Waals surface area contributed by atoms with Gasteiger partial charge in [0.15, 0.2) is 0 Å². The summed E-state index contributed by atoms with van der Waals surface area (Å²) in [6, 6.07) is 7.09. The zero-order chi connectivity index (χ0) is 19.3. The Morgan fingerprint density at radius 1 is 1.30 bits per heavy atom. The Kier molecular flexibility index (Phi) is 3.97. The molecule has 0 amide bonds. The lowest BCUT2D eigenvalue weighted by atomic mass is 9.82. The molecule has 3 heterocycles. The summed E-state index contributed by atoms with van der Waals surface area (Å²) in [6.07, 6.45) is 0. The van der Waals surface area contributed by atoms with Gasteiger partial charge in [-0.1, -0.05) is 0 Å². The molecule has 0 fully saturated rings. The molecule has 1 unspecified atom stereocenters. The van der Waals surface area contributed by atoms with Gasteiger partial charge in [-0.05, 0) is 38.1 Å². The third-order valence-electron chi connectivity index (χ3n) is 4.52. The van der Waals surface area contributed by atoms with Gasteiger partial charge in [-0.2, -0.15) is 5.26 Å². The second-order valence-electron chi connectivity index (χ2n) is 6.23. The molecule has 4 rings (SSSR count). The molecule has 136 valence electrons. The van der Waals surface area contributed by atoms with Crippen molar-refractivity contribution >= 4 is 11.3 Å². The Morgan fingerprint density at radius 3 is 2.74 bits per heavy atom. The van der Waals surface area contributed by atoms with Crippen LogP contribution in [0.5, 0.6) is 5.88 Å². The average molecular weight is 384 g/mol. The monoisotopic (exact) mass is 384 g/mol. The summed E-state index contributed by atoms with van der Waals surface area (Å²) in [7, 11) is 0. The topological polar surface area (TPSA) is 87.7 Å². The highest BCUT2D eigenvalue weighted by Gasteiger charge is 2.37. The minimum atomic E-state index is -0.928. The second-order valence-corrected chi connectivity index (χ2v) is 7.70. The van der Waals surface area contributed by atoms with Gasteiger partial charge in [0.1, 0.15) is 23.3 Å². The molecular weight excluding hydrogens is 370 g/mol. The summed E-state index contributed by atoms with van der Waals surface area (Å²) in [6.45, 7) is 3.93. The van der Waals surface area contributed by atoms with E-state index in [1.165, 1.54) is 0 Å². The van der Waals surface area contributed by atoms with E-state index in [0.717, 1.165) is 33.5 Å². The smallest absolute Gasteiger partial charge is 0.244 e. The number of rotatable bonds is 2. The van der Waals surface area contributed by atoms with Crippen LogP contribution in [0.15, 0.2) is 35.7 Å². The predicted octanol–water partition coefficient (Wildman–Crippen LogP) is 4.25. The van der Waals surface area contributed by atoms with Crippen LogP contribution in [0.4, 0.5) is 8.78 Å². The zero-order valence-corrected chi connectivity index (χ0v) is 15.2. The van der Waals surface area contributed by atoms with Crippen LogP contribution >= 0.6 is 11.3 Å². The van der Waals surface area contributed by atoms with E-state index in [1.54, 1.807) is 11.3 Å². The standard InChI is InChI=1S/C19H14F2N4OS/c1-8-5-11(9(2)27-8)17-16-15(12-6-10(20)3-4-14(12)21)13(7-22)18(23)26-19(16)25-24-17/h3-6,15H,23H2,1-2H3,(H,24,25). The van der Waals surface area contributed by atoms with Gasteiger partial charge in [-0.15, -0.1) is 16.4 Å². The van der Waals surface area contributed by atoms with E-state index in [-0.39, 0.29) is 22.9 Å². The number of aryl methyl sites for hydroxylation is 2. The Labute approximate surface area is 157 Å². The number of H-pyrrole nitrogens is 1. The van der Waals surface area contributed by atoms with E-state index < -0.39 is 17.6 Å². The molecule has 2 aromatic heterocycles. The maximum absolute atomic E-state index is 14.6. The fourth-order valence-electron chi connectivity index (χ4n) is 3.38. The number of allylic oxidation sites excluding steroid dienone is 1. The summed E-state index contributed by atoms with van der Waals surface area (Å²) in [5, 5.41) is 16.7. The SMILES string of the molecule is Cc1cc(-c2[nH]nc3c2C(c2cc(F)ccc2F)C(C#N)=C(N)O3)c(C)s1. The molecule has 3 N–H and O–H groups in total. The minimum Gasteiger partial charge on any atom is -0.420 e. The molecule has 3 aromatic rings. The van der Waals surface area contributed by atoms with Crippen molar-refractivity contribution in [3.63, 3.8) is 0 Å². The van der Waals surface area contributed by atoms with E-state index in [0.29, 0.717) is 11.3 Å². The Balaban J connectivity index is 2.02. The number of aromatic nitrogens is 2. The first-order chi connectivity index (χ1) is 12.9. The van der Waals surface area contributed by atoms with Gasteiger partial charge in [0.2, 0.25) is 11.8 Å². The molecule has 1 aromatic carbocycles. The van der Waals surface area contributed by atoms with Crippen LogP contribution < -0.4 is 10.5 Å². The lowest BCUT2D eigenvalue weighted by Crippen LogP contribution is -2.21. The third-order valence-corrected chi connectivity index (χ3v) is 5.48. The van der Waals surface area contributed by atoms with Crippen LogP contribution in [0.25, 0.3) is 11.3 Å². The number of fused-ring (bicyclic) bond motifs is 1. The van der Waals surface area contributed by atoms with Gasteiger partial charge < -0.3 is 10.5 Å². The highest BCUT2D eigenvalue weighted by molar-refractivity contribution is 7.12. The average Bonchev–Trinajstić information content (AvgIpc) is 3.18. The number of aromatic amines is 1. The number of nitrogens with one attached hydrogen (secondary N) is 1. The maximum atomic E-state index is 14.6. The number of halogens is 2. The molecule has 27 heavy (non-hydrogen) atoms. The number of hydrogen-bond donors (Lipinski definition) is 2. The normalized spacial score (nSPS) is 16.0. The van der Waals surface area contributed by atoms with Gasteiger partial charge in [0.05, 0.1) is 17.2 Å². The molecule has 0 saturated carbocycles. The van der Waals surface area contributed by atoms with Gasteiger partial charge in [0.25, 0.3) is 0 Å². The number of benzene rings is 1. The number of nitriles is 1. The van der Waals surface area contributed by atoms with Crippen LogP contribution in [0.3, 0.4) is 0 Å². The lowest BCUT2D eigenvalue weighted by molar-refractivity contribution is 0.378. The van der Waals surface area contributed by atoms with Crippen molar-refractivity contribution in [2.24, 2.45) is 5.73 Å². The van der Waals surface area contributed by atoms with Crippen LogP contribution in [0, 0.1) is 36.8 Å². The van der Waals surface area contributed by atoms with Crippen LogP contribution in [-0.2, 0) is 0 Å². The van der Waals surface area contributed by atoms with E-state index in [2.05, 4.69) is 10.2 Å². The van der Waals surface area contributed by atoms with Crippen molar-refractivity contribution in [2.75, 3.05) is 0 Å². The summed E-state index contributed by atoms with van der Waals surface area (Å²) >= 11 is 1.60. The second kappa shape index (κ2) is 6.21. The predicted molar refractivity (Wildman–Crippen MR) is 97.0 cm³/mol. The molecule has 1 atom stereocenters. The van der Waals surface area contributed by atoms with E-state index in [1.807, 2.05) is 26.0 Å². The first-order valence-electron chi connectivity index (χ1n) is 8.09. The molecule has 0 bridgehead atoms. The van der Waals surface area contributed by atoms with Crippen molar-refractivity contribution in [1.82, 2.24) is 10.2 Å². The fraction of sp³-hybridized carbons (Fsp3) is 0.158. The minimum absolute atomic E-state index is 0.00584. The van der Waals surface area contributed by atoms with E-state index >= 15 is 0 Å². The summed E-state index contributed by atoms with van der Waals surface area (Å²) in [4.78, 5) is 2.12. The molecule has 0 saturated heterocycles. The van der Waals surface area contributed by atoms with Gasteiger partial charge in [-0.25, -0.2) is 8.78 Å². The van der Waals surface area contributed by atoms with Crippen molar-refractivity contribution in [3.8, 4) is 23.2 Å². The van der Waals surface area contributed by atoms with E-state index in [9.17, 15) is 14.0 Å². The molecule has 1 aliphatic rings. The molecule has 1 aliphatic heterocycles. The quantitative estimate of drug-likeness (QED) is 0.691. The molecule has 0 spiro atoms. The summed E-state index contributed by atoms with van der Waals surface area (Å²) in [5.41, 5.74) is 7.82. The van der Waals surface area contributed by atoms with Crippen molar-refractivity contribution in [3.05, 3.63) is 68.2 Å². The Hall–Kier alpha value is -3.18. The van der Waals surface area contributed by atoms with Crippen molar-refractivity contribution in [1.29, 1.82) is 5.26 Å². The lowest BCUT2D eigenvalue weighted by Gasteiger charge is -2.24. The summed E-state index contributed by atoms with van der Waals surface area (Å²) < 4.78 is 34.0. The van der Waals surface area contributed by atoms with Crippen LogP contribution in [0.2, 0.25) is 0 Å². The highest BCUT2D eigenvalue weighted by atomic mass is 32.1. The Bertz CT molecular complexity index is 1140. The molecule has 5 nitrogen and oxygen atoms in total. The van der Waals surface area contributed by atoms with E-state index in [4.69, 9.17) is 10.5 Å². The maximum Gasteiger partial charge on any atom is 0.244 e. The van der Waals surface area contributed by atoms with Gasteiger partial charge in [-0.3, -0.25) is 5.10 Å². The van der Waals surface area contributed by atoms with Gasteiger partial charge >= 0.3 is 0 Å². The first-order valence-corrected chi connectivity index (χ1v) is 8.90. The molecule has 8 heteroatoms. The van der Waals surface area contributed by atoms with Crippen LogP contribution in [-0.4, -0.2) is 10.2 Å². The Morgan fingerprint density at radius 2 is 2.07 bits per heavy atom. The number of thiophene rings is 1. The van der Waals surface area contributed by atoms with Crippen LogP contribution in [0.1, 0.15) is 26.8 Å². The molecular formula is C19H14F2N4OS. The number of nitrogens with two attached hydrogens (primary N) is 1. The number of nitrogens with zero attached hydrogens (tertiary/aromatic N) is 2. The summed E-state index contributed by atoms with van der Waals surface area (Å²) in [5.74, 6) is -2.20. The number of hydrogen-bond acceptors (Lipinski definition) is 5. The molecule has 0 radical (unpaired) electrons.